The summed E-state index contributed by atoms with van der Waals surface area (Å²) in [4.78, 5) is 51.1. The molecule has 108 heavy (non-hydrogen) atoms. The Bertz CT molecular complexity index is 1300. The molecule has 0 heterocycles. The minimum atomic E-state index is -0.903. The quantitative estimate of drug-likeness (QED) is 0.0518. The summed E-state index contributed by atoms with van der Waals surface area (Å²) < 4.78 is 0. The molecule has 0 aliphatic carbocycles. The maximum absolute atomic E-state index is 10.2. The molecule has 0 aliphatic rings. The van der Waals surface area contributed by atoms with Gasteiger partial charge in [0, 0.05) is 29.8 Å². The van der Waals surface area contributed by atoms with Crippen molar-refractivity contribution in [2.75, 3.05) is 0 Å². The average Bonchev–Trinajstić information content (AvgIpc) is 1.95. The van der Waals surface area contributed by atoms with Crippen molar-refractivity contribution in [1.29, 1.82) is 0 Å². The van der Waals surface area contributed by atoms with Gasteiger partial charge in [0.15, 0.2) is 0 Å². The second-order valence-electron chi connectivity index (χ2n) is 30.4. The molecule has 0 aliphatic heterocycles. The van der Waals surface area contributed by atoms with Crippen molar-refractivity contribution in [2.45, 2.75) is 548 Å². The molecule has 0 rings (SSSR count). The van der Waals surface area contributed by atoms with E-state index in [1.165, 1.54) is 417 Å². The molecule has 0 fully saturated rings. The van der Waals surface area contributed by atoms with Crippen LogP contribution in [0.4, 0.5) is 0 Å². The van der Waals surface area contributed by atoms with E-state index in [-0.39, 0.29) is 115 Å². The first-order valence-corrected chi connectivity index (χ1v) is 44.8. The Hall–Kier alpha value is -1.10. The number of rotatable bonds is 80. The van der Waals surface area contributed by atoms with Gasteiger partial charge in [0.2, 0.25) is 0 Å². The molecule has 0 spiro atoms. The minimum absolute atomic E-state index is 0. The minimum Gasteiger partial charge on any atom is -2.00 e. The summed E-state index contributed by atoms with van der Waals surface area (Å²) >= 11 is 0. The Kier molecular flexibility index (Phi) is 166. The van der Waals surface area contributed by atoms with Gasteiger partial charge in [-0.1, -0.05) is 484 Å². The number of carboxylic acid groups (broad SMARTS) is 5. The molecule has 0 unspecified atom stereocenters. The second-order valence-corrected chi connectivity index (χ2v) is 30.4. The van der Waals surface area contributed by atoms with Crippen molar-refractivity contribution in [1.82, 2.24) is 0 Å². The third-order valence-corrected chi connectivity index (χ3v) is 19.9. The molecule has 640 valence electrons. The molecule has 18 heteroatoms. The van der Waals surface area contributed by atoms with Gasteiger partial charge in [-0.3, -0.25) is 0 Å². The molecular formula is C90H175O15V3. The first kappa shape index (κ1) is 136. The zero-order chi connectivity index (χ0) is 74.5. The van der Waals surface area contributed by atoms with Gasteiger partial charge in [0.25, 0.3) is 0 Å². The van der Waals surface area contributed by atoms with E-state index in [9.17, 15) is 49.5 Å². The molecule has 0 aromatic carbocycles. The Morgan fingerprint density at radius 1 is 0.130 bits per heavy atom. The van der Waals surface area contributed by atoms with Gasteiger partial charge in [-0.05, 0) is 64.2 Å². The first-order chi connectivity index (χ1) is 48.9. The molecule has 0 aromatic heterocycles. The van der Waals surface area contributed by atoms with E-state index in [1.807, 2.05) is 0 Å². The standard InChI is InChI=1S/5C18H36O2.5O.3V/c5*1-2-3-4-5-6-7-8-9-10-11-12-13-14-15-16-17-18(19)20;;;;;;;;/h5*2-17H2,1H3,(H,19,20);;;;;;;;/q;;;;;5*-2;3*+5/p-5. The molecule has 0 saturated carbocycles. The Labute approximate surface area is 705 Å². The van der Waals surface area contributed by atoms with Crippen molar-refractivity contribution >= 4 is 29.8 Å². The Morgan fingerprint density at radius 2 is 0.185 bits per heavy atom. The van der Waals surface area contributed by atoms with E-state index < -0.39 is 29.8 Å². The maximum atomic E-state index is 10.2. The molecule has 0 N–H and O–H groups in total. The van der Waals surface area contributed by atoms with Crippen molar-refractivity contribution in [3.05, 3.63) is 0 Å². The monoisotopic (exact) mass is 1650 g/mol. The number of hydrogen-bond acceptors (Lipinski definition) is 10. The van der Waals surface area contributed by atoms with E-state index in [1.54, 1.807) is 0 Å². The van der Waals surface area contributed by atoms with Crippen molar-refractivity contribution in [2.24, 2.45) is 0 Å². The molecule has 0 saturated heterocycles. The van der Waals surface area contributed by atoms with Crippen LogP contribution in [0.15, 0.2) is 0 Å². The largest absolute Gasteiger partial charge is 5.00 e. The number of carbonyl (C=O) groups is 5. The first-order valence-electron chi connectivity index (χ1n) is 44.8. The molecule has 0 amide bonds. The summed E-state index contributed by atoms with van der Waals surface area (Å²) in [6.07, 6.45) is 99.3. The van der Waals surface area contributed by atoms with Gasteiger partial charge in [-0.2, -0.15) is 0 Å². The average molecular weight is 1650 g/mol. The van der Waals surface area contributed by atoms with Crippen molar-refractivity contribution in [3.63, 3.8) is 0 Å². The van der Waals surface area contributed by atoms with Crippen molar-refractivity contribution < 1.29 is 133 Å². The van der Waals surface area contributed by atoms with E-state index in [0.717, 1.165) is 64.2 Å². The number of carbonyl (C=O) groups excluding carboxylic acids is 5. The second kappa shape index (κ2) is 132. The molecule has 0 bridgehead atoms. The fourth-order valence-corrected chi connectivity index (χ4v) is 13.2. The summed E-state index contributed by atoms with van der Waals surface area (Å²) in [7, 11) is 0. The Balaban J connectivity index is -0.0000000932. The zero-order valence-electron chi connectivity index (χ0n) is 71.5. The van der Waals surface area contributed by atoms with E-state index in [4.69, 9.17) is 0 Å². The number of hydrogen-bond donors (Lipinski definition) is 0. The predicted molar refractivity (Wildman–Crippen MR) is 426 cm³/mol. The molecule has 15 nitrogen and oxygen atoms in total. The van der Waals surface area contributed by atoms with Crippen LogP contribution < -0.4 is 25.5 Å². The smallest absolute Gasteiger partial charge is 2.00 e. The molecular weight excluding hydrogens is 1470 g/mol. The number of aliphatic carboxylic acids is 5. The zero-order valence-corrected chi connectivity index (χ0v) is 75.7. The van der Waals surface area contributed by atoms with Crippen LogP contribution in [0, 0.1) is 0 Å². The van der Waals surface area contributed by atoms with Gasteiger partial charge in [-0.25, -0.2) is 0 Å². The summed E-state index contributed by atoms with van der Waals surface area (Å²) in [5.41, 5.74) is 0. The third-order valence-electron chi connectivity index (χ3n) is 19.9. The predicted octanol–water partition coefficient (Wildman–Crippen LogP) is 24.4. The number of unbranched alkanes of at least 4 members (excludes halogenated alkanes) is 70. The summed E-state index contributed by atoms with van der Waals surface area (Å²) in [5.74, 6) is -4.52. The van der Waals surface area contributed by atoms with Crippen LogP contribution in [-0.2, 0) is 107 Å². The maximum Gasteiger partial charge on any atom is 5.00 e. The SMILES string of the molecule is CCCCCCCCCCCCCCCCCC(=O)[O-].CCCCCCCCCCCCCCCCCC(=O)[O-].CCCCCCCCCCCCCCCCCC(=O)[O-].CCCCCCCCCCCCCCCCCC(=O)[O-].CCCCCCCCCCCCCCCCCC(=O)[O-].[O-2].[O-2].[O-2].[O-2].[O-2].[V+5].[V+5].[V+5]. The van der Waals surface area contributed by atoms with Crippen LogP contribution in [0.3, 0.4) is 0 Å². The van der Waals surface area contributed by atoms with Gasteiger partial charge >= 0.3 is 55.7 Å². The third kappa shape index (κ3) is 161. The fourth-order valence-electron chi connectivity index (χ4n) is 13.2. The Morgan fingerprint density at radius 3 is 0.241 bits per heavy atom. The van der Waals surface area contributed by atoms with Crippen LogP contribution >= 0.6 is 0 Å². The fraction of sp³-hybridized carbons (Fsp3) is 0.944. The normalized spacial score (nSPS) is 10.0. The van der Waals surface area contributed by atoms with E-state index in [0.29, 0.717) is 0 Å². The van der Waals surface area contributed by atoms with Crippen LogP contribution in [0.1, 0.15) is 548 Å². The van der Waals surface area contributed by atoms with Crippen LogP contribution in [0.25, 0.3) is 0 Å². The summed E-state index contributed by atoms with van der Waals surface area (Å²) in [6.45, 7) is 11.3. The summed E-state index contributed by atoms with van der Waals surface area (Å²) in [5, 5.41) is 51.1. The molecule has 0 atom stereocenters. The van der Waals surface area contributed by atoms with Gasteiger partial charge in [0.05, 0.1) is 0 Å². The topological polar surface area (TPSA) is 343 Å². The van der Waals surface area contributed by atoms with Gasteiger partial charge in [-0.15, -0.1) is 0 Å². The van der Waals surface area contributed by atoms with Crippen LogP contribution in [0.2, 0.25) is 0 Å². The molecule has 0 aromatic rings. The van der Waals surface area contributed by atoms with E-state index in [2.05, 4.69) is 34.6 Å². The van der Waals surface area contributed by atoms with Gasteiger partial charge < -0.3 is 76.9 Å². The van der Waals surface area contributed by atoms with Crippen molar-refractivity contribution in [3.8, 4) is 0 Å². The molecule has 0 radical (unpaired) electrons. The van der Waals surface area contributed by atoms with E-state index >= 15 is 0 Å². The number of carboxylic acids is 5. The van der Waals surface area contributed by atoms with Crippen LogP contribution in [0.5, 0.6) is 0 Å². The van der Waals surface area contributed by atoms with Crippen LogP contribution in [-0.4, -0.2) is 29.8 Å². The summed E-state index contributed by atoms with van der Waals surface area (Å²) in [6, 6.07) is 0. The van der Waals surface area contributed by atoms with Gasteiger partial charge in [0.1, 0.15) is 0 Å².